The predicted octanol–water partition coefficient (Wildman–Crippen LogP) is 1.52. The number of aromatic nitrogens is 3. The van der Waals surface area contributed by atoms with E-state index in [1.165, 1.54) is 0 Å². The van der Waals surface area contributed by atoms with Crippen LogP contribution in [0.5, 0.6) is 0 Å². The Morgan fingerprint density at radius 1 is 1.29 bits per heavy atom. The van der Waals surface area contributed by atoms with E-state index in [0.29, 0.717) is 16.7 Å². The number of amides is 1. The van der Waals surface area contributed by atoms with Crippen LogP contribution in [0.15, 0.2) is 36.5 Å². The Bertz CT molecular complexity index is 858. The number of nitrogens with zero attached hydrogens (tertiary/aromatic N) is 3. The Kier molecular flexibility index (Phi) is 3.09. The van der Waals surface area contributed by atoms with E-state index in [1.807, 2.05) is 36.4 Å². The third-order valence-electron chi connectivity index (χ3n) is 3.19. The fraction of sp³-hybridized carbons (Fsp3) is 0.0667. The molecule has 0 saturated heterocycles. The zero-order chi connectivity index (χ0) is 14.8. The molecule has 0 saturated carbocycles. The molecule has 1 aromatic carbocycles. The molecular formula is C15H11N5O. The summed E-state index contributed by atoms with van der Waals surface area (Å²) in [6, 6.07) is 11.4. The van der Waals surface area contributed by atoms with Crippen LogP contribution in [0.1, 0.15) is 11.3 Å². The number of benzene rings is 1. The minimum atomic E-state index is -0.358. The van der Waals surface area contributed by atoms with Crippen molar-refractivity contribution in [1.29, 1.82) is 5.26 Å². The molecule has 0 bridgehead atoms. The molecule has 0 radical (unpaired) electrons. The van der Waals surface area contributed by atoms with Gasteiger partial charge in [0.25, 0.3) is 0 Å². The lowest BCUT2D eigenvalue weighted by Crippen LogP contribution is -2.13. The van der Waals surface area contributed by atoms with Crippen LogP contribution in [0.25, 0.3) is 22.2 Å². The molecule has 0 fully saturated rings. The number of pyridine rings is 1. The van der Waals surface area contributed by atoms with Crippen LogP contribution in [0.2, 0.25) is 0 Å². The van der Waals surface area contributed by atoms with Gasteiger partial charge < -0.3 is 5.73 Å². The molecule has 1 amide bonds. The van der Waals surface area contributed by atoms with Crippen LogP contribution in [-0.2, 0) is 11.2 Å². The van der Waals surface area contributed by atoms with E-state index in [4.69, 9.17) is 11.0 Å². The third kappa shape index (κ3) is 2.44. The Hall–Kier alpha value is -3.20. The zero-order valence-corrected chi connectivity index (χ0v) is 11.0. The van der Waals surface area contributed by atoms with Gasteiger partial charge in [0.15, 0.2) is 5.65 Å². The van der Waals surface area contributed by atoms with Gasteiger partial charge in [0.05, 0.1) is 11.8 Å². The van der Waals surface area contributed by atoms with Gasteiger partial charge in [-0.25, -0.2) is 4.98 Å². The molecule has 2 heterocycles. The SMILES string of the molecule is N#Cc1[nH]nc2ncc(-c3ccc(CC(N)=O)cc3)cc12. The van der Waals surface area contributed by atoms with Crippen LogP contribution in [0.4, 0.5) is 0 Å². The number of aromatic amines is 1. The van der Waals surface area contributed by atoms with Crippen molar-refractivity contribution in [3.05, 3.63) is 47.8 Å². The molecule has 0 aliphatic rings. The van der Waals surface area contributed by atoms with E-state index in [2.05, 4.69) is 15.2 Å². The third-order valence-corrected chi connectivity index (χ3v) is 3.19. The van der Waals surface area contributed by atoms with Crippen molar-refractivity contribution in [3.8, 4) is 17.2 Å². The van der Waals surface area contributed by atoms with E-state index in [-0.39, 0.29) is 12.3 Å². The highest BCUT2D eigenvalue weighted by atomic mass is 16.1. The number of H-pyrrole nitrogens is 1. The Morgan fingerprint density at radius 2 is 2.05 bits per heavy atom. The highest BCUT2D eigenvalue weighted by Gasteiger charge is 2.08. The Balaban J connectivity index is 2.00. The molecule has 0 spiro atoms. The largest absolute Gasteiger partial charge is 0.369 e. The normalized spacial score (nSPS) is 10.4. The van der Waals surface area contributed by atoms with Crippen molar-refractivity contribution in [3.63, 3.8) is 0 Å². The lowest BCUT2D eigenvalue weighted by molar-refractivity contribution is -0.117. The van der Waals surface area contributed by atoms with Crippen molar-refractivity contribution in [2.24, 2.45) is 5.73 Å². The van der Waals surface area contributed by atoms with E-state index < -0.39 is 0 Å². The van der Waals surface area contributed by atoms with Gasteiger partial charge >= 0.3 is 0 Å². The van der Waals surface area contributed by atoms with Gasteiger partial charge in [-0.05, 0) is 17.2 Å². The summed E-state index contributed by atoms with van der Waals surface area (Å²) in [6.45, 7) is 0. The Labute approximate surface area is 120 Å². The second-order valence-electron chi connectivity index (χ2n) is 4.65. The number of nitriles is 1. The topological polar surface area (TPSA) is 108 Å². The monoisotopic (exact) mass is 277 g/mol. The fourth-order valence-corrected chi connectivity index (χ4v) is 2.16. The molecular weight excluding hydrogens is 266 g/mol. The van der Waals surface area contributed by atoms with Crippen molar-refractivity contribution >= 4 is 16.9 Å². The maximum atomic E-state index is 10.9. The van der Waals surface area contributed by atoms with Crippen molar-refractivity contribution in [2.45, 2.75) is 6.42 Å². The van der Waals surface area contributed by atoms with Crippen LogP contribution in [0.3, 0.4) is 0 Å². The maximum Gasteiger partial charge on any atom is 0.221 e. The summed E-state index contributed by atoms with van der Waals surface area (Å²) < 4.78 is 0. The number of nitrogens with one attached hydrogen (secondary N) is 1. The molecule has 3 N–H and O–H groups in total. The number of carbonyl (C=O) groups is 1. The van der Waals surface area contributed by atoms with Gasteiger partial charge in [0.2, 0.25) is 5.91 Å². The number of primary amides is 1. The molecule has 0 aliphatic carbocycles. The summed E-state index contributed by atoms with van der Waals surface area (Å²) >= 11 is 0. The minimum absolute atomic E-state index is 0.220. The summed E-state index contributed by atoms with van der Waals surface area (Å²) in [5.74, 6) is -0.358. The van der Waals surface area contributed by atoms with Crippen molar-refractivity contribution < 1.29 is 4.79 Å². The van der Waals surface area contributed by atoms with E-state index >= 15 is 0 Å². The molecule has 3 aromatic rings. The summed E-state index contributed by atoms with van der Waals surface area (Å²) in [4.78, 5) is 15.1. The second kappa shape index (κ2) is 5.06. The van der Waals surface area contributed by atoms with Crippen molar-refractivity contribution in [1.82, 2.24) is 15.2 Å². The standard InChI is InChI=1S/C15H11N5O/c16-7-13-12-6-11(8-18-15(12)20-19-13)10-3-1-9(2-4-10)5-14(17)21/h1-4,6,8H,5H2,(H2,17,21)(H,18,19,20). The predicted molar refractivity (Wildman–Crippen MR) is 76.9 cm³/mol. The number of nitrogens with two attached hydrogens (primary N) is 1. The summed E-state index contributed by atoms with van der Waals surface area (Å²) in [6.07, 6.45) is 1.92. The lowest BCUT2D eigenvalue weighted by atomic mass is 10.0. The van der Waals surface area contributed by atoms with Crippen LogP contribution >= 0.6 is 0 Å². The first-order valence-corrected chi connectivity index (χ1v) is 6.29. The van der Waals surface area contributed by atoms with Gasteiger partial charge in [-0.2, -0.15) is 10.4 Å². The van der Waals surface area contributed by atoms with Gasteiger partial charge in [0.1, 0.15) is 11.8 Å². The molecule has 0 atom stereocenters. The average molecular weight is 277 g/mol. The first-order chi connectivity index (χ1) is 10.2. The first-order valence-electron chi connectivity index (χ1n) is 6.29. The summed E-state index contributed by atoms with van der Waals surface area (Å²) in [5.41, 5.74) is 8.76. The molecule has 0 aliphatic heterocycles. The fourth-order valence-electron chi connectivity index (χ4n) is 2.16. The van der Waals surface area contributed by atoms with E-state index in [0.717, 1.165) is 16.7 Å². The van der Waals surface area contributed by atoms with E-state index in [9.17, 15) is 4.79 Å². The number of rotatable bonds is 3. The number of carbonyl (C=O) groups excluding carboxylic acids is 1. The highest BCUT2D eigenvalue weighted by Crippen LogP contribution is 2.23. The van der Waals surface area contributed by atoms with Crippen LogP contribution in [0, 0.1) is 11.3 Å². The maximum absolute atomic E-state index is 10.9. The molecule has 21 heavy (non-hydrogen) atoms. The van der Waals surface area contributed by atoms with Crippen molar-refractivity contribution in [2.75, 3.05) is 0 Å². The van der Waals surface area contributed by atoms with Gasteiger partial charge in [-0.15, -0.1) is 0 Å². The first kappa shape index (κ1) is 12.8. The minimum Gasteiger partial charge on any atom is -0.369 e. The highest BCUT2D eigenvalue weighted by molar-refractivity contribution is 5.85. The summed E-state index contributed by atoms with van der Waals surface area (Å²) in [7, 11) is 0. The molecule has 3 rings (SSSR count). The van der Waals surface area contributed by atoms with Gasteiger partial charge in [0, 0.05) is 11.8 Å². The molecule has 0 unspecified atom stereocenters. The lowest BCUT2D eigenvalue weighted by Gasteiger charge is -2.03. The van der Waals surface area contributed by atoms with E-state index in [1.54, 1.807) is 6.20 Å². The molecule has 2 aromatic heterocycles. The molecule has 6 nitrogen and oxygen atoms in total. The smallest absolute Gasteiger partial charge is 0.221 e. The van der Waals surface area contributed by atoms with Crippen LogP contribution < -0.4 is 5.73 Å². The number of fused-ring (bicyclic) bond motifs is 1. The molecule has 102 valence electrons. The number of hydrogen-bond donors (Lipinski definition) is 2. The van der Waals surface area contributed by atoms with Gasteiger partial charge in [-0.3, -0.25) is 9.89 Å². The van der Waals surface area contributed by atoms with Crippen LogP contribution in [-0.4, -0.2) is 21.1 Å². The molecule has 6 heteroatoms. The zero-order valence-electron chi connectivity index (χ0n) is 11.0. The quantitative estimate of drug-likeness (QED) is 0.756. The summed E-state index contributed by atoms with van der Waals surface area (Å²) in [5, 5.41) is 16.3. The Morgan fingerprint density at radius 3 is 2.71 bits per heavy atom. The second-order valence-corrected chi connectivity index (χ2v) is 4.65. The average Bonchev–Trinajstić information content (AvgIpc) is 2.89. The number of hydrogen-bond acceptors (Lipinski definition) is 4. The van der Waals surface area contributed by atoms with Gasteiger partial charge in [-0.1, -0.05) is 24.3 Å².